The van der Waals surface area contributed by atoms with Gasteiger partial charge in [0.25, 0.3) is 0 Å². The Morgan fingerprint density at radius 2 is 2.14 bits per heavy atom. The van der Waals surface area contributed by atoms with Gasteiger partial charge in [-0.1, -0.05) is 13.8 Å². The van der Waals surface area contributed by atoms with Gasteiger partial charge in [0, 0.05) is 18.1 Å². The molecule has 2 aliphatic rings. The van der Waals surface area contributed by atoms with Crippen LogP contribution < -0.4 is 5.32 Å². The fourth-order valence-corrected chi connectivity index (χ4v) is 2.39. The van der Waals surface area contributed by atoms with Crippen molar-refractivity contribution in [2.24, 2.45) is 5.92 Å². The molecule has 1 saturated carbocycles. The zero-order valence-corrected chi connectivity index (χ0v) is 9.84. The molecule has 1 N–H and O–H groups in total. The summed E-state index contributed by atoms with van der Waals surface area (Å²) in [5, 5.41) is 3.55. The Balaban J connectivity index is 1.72. The quantitative estimate of drug-likeness (QED) is 0.738. The fraction of sp³-hybridized carbons (Fsp3) is 1.00. The lowest BCUT2D eigenvalue weighted by molar-refractivity contribution is 0.229. The van der Waals surface area contributed by atoms with Crippen LogP contribution in [0.2, 0.25) is 0 Å². The Hall–Kier alpha value is -0.0800. The van der Waals surface area contributed by atoms with E-state index >= 15 is 0 Å². The lowest BCUT2D eigenvalue weighted by Crippen LogP contribution is -2.35. The second kappa shape index (κ2) is 3.82. The van der Waals surface area contributed by atoms with Gasteiger partial charge in [0.05, 0.1) is 0 Å². The monoisotopic (exact) mass is 196 g/mol. The molecule has 82 valence electrons. The molecule has 2 nitrogen and oxygen atoms in total. The van der Waals surface area contributed by atoms with Crippen LogP contribution in [0.1, 0.15) is 40.0 Å². The molecule has 2 fully saturated rings. The summed E-state index contributed by atoms with van der Waals surface area (Å²) in [5.74, 6) is 0.898. The maximum atomic E-state index is 3.55. The Morgan fingerprint density at radius 3 is 2.71 bits per heavy atom. The average Bonchev–Trinajstić information content (AvgIpc) is 2.70. The summed E-state index contributed by atoms with van der Waals surface area (Å²) in [4.78, 5) is 2.71. The molecule has 1 aliphatic heterocycles. The molecule has 1 unspecified atom stereocenters. The van der Waals surface area contributed by atoms with E-state index in [2.05, 4.69) is 31.0 Å². The van der Waals surface area contributed by atoms with Gasteiger partial charge in [0.15, 0.2) is 0 Å². The molecule has 2 rings (SSSR count). The van der Waals surface area contributed by atoms with Crippen molar-refractivity contribution in [2.45, 2.75) is 51.6 Å². The second-order valence-electron chi connectivity index (χ2n) is 5.66. The van der Waals surface area contributed by atoms with Crippen molar-refractivity contribution >= 4 is 0 Å². The van der Waals surface area contributed by atoms with Crippen LogP contribution in [0.4, 0.5) is 0 Å². The molecule has 0 amide bonds. The highest BCUT2D eigenvalue weighted by Gasteiger charge is 2.45. The van der Waals surface area contributed by atoms with Crippen LogP contribution >= 0.6 is 0 Å². The molecule has 0 bridgehead atoms. The summed E-state index contributed by atoms with van der Waals surface area (Å²) >= 11 is 0. The van der Waals surface area contributed by atoms with Crippen LogP contribution in [-0.2, 0) is 0 Å². The topological polar surface area (TPSA) is 15.3 Å². The fourth-order valence-electron chi connectivity index (χ4n) is 2.39. The van der Waals surface area contributed by atoms with Crippen LogP contribution in [0.15, 0.2) is 0 Å². The van der Waals surface area contributed by atoms with Crippen molar-refractivity contribution in [2.75, 3.05) is 19.6 Å². The normalized spacial score (nSPS) is 31.3. The van der Waals surface area contributed by atoms with Gasteiger partial charge in [-0.15, -0.1) is 0 Å². The molecular formula is C12H24N2. The van der Waals surface area contributed by atoms with Crippen LogP contribution in [0.5, 0.6) is 0 Å². The highest BCUT2D eigenvalue weighted by Crippen LogP contribution is 2.43. The minimum Gasteiger partial charge on any atom is -0.314 e. The number of hydrogen-bond acceptors (Lipinski definition) is 2. The van der Waals surface area contributed by atoms with Crippen molar-refractivity contribution in [1.82, 2.24) is 10.2 Å². The highest BCUT2D eigenvalue weighted by atomic mass is 15.2. The van der Waals surface area contributed by atoms with Gasteiger partial charge in [0.1, 0.15) is 0 Å². The smallest absolute Gasteiger partial charge is 0.0182 e. The maximum absolute atomic E-state index is 3.55. The third-order valence-electron chi connectivity index (χ3n) is 3.84. The van der Waals surface area contributed by atoms with E-state index in [1.807, 2.05) is 0 Å². The van der Waals surface area contributed by atoms with E-state index in [0.29, 0.717) is 11.6 Å². The summed E-state index contributed by atoms with van der Waals surface area (Å²) in [7, 11) is 0. The summed E-state index contributed by atoms with van der Waals surface area (Å²) in [6.45, 7) is 10.8. The summed E-state index contributed by atoms with van der Waals surface area (Å²) in [6, 6.07) is 0.639. The first kappa shape index (κ1) is 10.4. The molecule has 14 heavy (non-hydrogen) atoms. The maximum Gasteiger partial charge on any atom is 0.0182 e. The first-order chi connectivity index (χ1) is 6.60. The van der Waals surface area contributed by atoms with Gasteiger partial charge in [0.2, 0.25) is 0 Å². The SMILES string of the molecule is CC(C)NCC1CCN(C2(C)CC2)C1. The van der Waals surface area contributed by atoms with E-state index in [-0.39, 0.29) is 0 Å². The number of hydrogen-bond donors (Lipinski definition) is 1. The predicted molar refractivity (Wildman–Crippen MR) is 60.5 cm³/mol. The number of nitrogens with one attached hydrogen (secondary N) is 1. The molecule has 0 spiro atoms. The highest BCUT2D eigenvalue weighted by molar-refractivity contribution is 5.02. The molecule has 0 aromatic carbocycles. The summed E-state index contributed by atoms with van der Waals surface area (Å²) in [5.41, 5.74) is 0.604. The molecule has 0 aromatic heterocycles. The molecule has 1 aliphatic carbocycles. The Morgan fingerprint density at radius 1 is 1.43 bits per heavy atom. The van der Waals surface area contributed by atoms with Crippen LogP contribution in [-0.4, -0.2) is 36.1 Å². The second-order valence-corrected chi connectivity index (χ2v) is 5.66. The van der Waals surface area contributed by atoms with E-state index in [9.17, 15) is 0 Å². The predicted octanol–water partition coefficient (Wildman–Crippen LogP) is 1.86. The summed E-state index contributed by atoms with van der Waals surface area (Å²) in [6.07, 6.45) is 4.25. The minimum atomic E-state index is 0.604. The average molecular weight is 196 g/mol. The van der Waals surface area contributed by atoms with Crippen LogP contribution in [0.25, 0.3) is 0 Å². The van der Waals surface area contributed by atoms with Crippen LogP contribution in [0.3, 0.4) is 0 Å². The molecule has 1 heterocycles. The third kappa shape index (κ3) is 2.29. The lowest BCUT2D eigenvalue weighted by Gasteiger charge is -2.23. The largest absolute Gasteiger partial charge is 0.314 e. The van der Waals surface area contributed by atoms with Crippen LogP contribution in [0, 0.1) is 5.92 Å². The van der Waals surface area contributed by atoms with Crippen molar-refractivity contribution in [3.63, 3.8) is 0 Å². The van der Waals surface area contributed by atoms with E-state index in [0.717, 1.165) is 5.92 Å². The third-order valence-corrected chi connectivity index (χ3v) is 3.84. The molecule has 1 saturated heterocycles. The summed E-state index contributed by atoms with van der Waals surface area (Å²) < 4.78 is 0. The van der Waals surface area contributed by atoms with Crippen molar-refractivity contribution < 1.29 is 0 Å². The molecule has 0 radical (unpaired) electrons. The zero-order valence-electron chi connectivity index (χ0n) is 9.84. The zero-order chi connectivity index (χ0) is 10.2. The minimum absolute atomic E-state index is 0.604. The molecule has 1 atom stereocenters. The molecule has 0 aromatic rings. The van der Waals surface area contributed by atoms with Gasteiger partial charge >= 0.3 is 0 Å². The van der Waals surface area contributed by atoms with Crippen molar-refractivity contribution in [1.29, 1.82) is 0 Å². The van der Waals surface area contributed by atoms with Gasteiger partial charge in [-0.25, -0.2) is 0 Å². The van der Waals surface area contributed by atoms with Gasteiger partial charge in [-0.2, -0.15) is 0 Å². The van der Waals surface area contributed by atoms with E-state index in [1.165, 1.54) is 38.9 Å². The van der Waals surface area contributed by atoms with Crippen molar-refractivity contribution in [3.05, 3.63) is 0 Å². The first-order valence-electron chi connectivity index (χ1n) is 6.08. The van der Waals surface area contributed by atoms with Crippen molar-refractivity contribution in [3.8, 4) is 0 Å². The van der Waals surface area contributed by atoms with E-state index in [4.69, 9.17) is 0 Å². The number of nitrogens with zero attached hydrogens (tertiary/aromatic N) is 1. The standard InChI is InChI=1S/C12H24N2/c1-10(2)13-8-11-4-7-14(9-11)12(3)5-6-12/h10-11,13H,4-9H2,1-3H3. The Labute approximate surface area is 88.1 Å². The van der Waals surface area contributed by atoms with Gasteiger partial charge < -0.3 is 5.32 Å². The van der Waals surface area contributed by atoms with E-state index in [1.54, 1.807) is 0 Å². The van der Waals surface area contributed by atoms with Gasteiger partial charge in [-0.05, 0) is 45.2 Å². The molecule has 2 heteroatoms. The Bertz CT molecular complexity index is 196. The number of likely N-dealkylation sites (tertiary alicyclic amines) is 1. The Kier molecular flexibility index (Phi) is 2.85. The molecular weight excluding hydrogens is 172 g/mol. The lowest BCUT2D eigenvalue weighted by atomic mass is 10.1. The van der Waals surface area contributed by atoms with Gasteiger partial charge in [-0.3, -0.25) is 4.90 Å². The van der Waals surface area contributed by atoms with E-state index < -0.39 is 0 Å². The number of rotatable bonds is 4. The first-order valence-corrected chi connectivity index (χ1v) is 6.08.